The molecule has 3 amide bonds. The van der Waals surface area contributed by atoms with Gasteiger partial charge in [-0.3, -0.25) is 14.4 Å². The van der Waals surface area contributed by atoms with E-state index in [2.05, 4.69) is 25.9 Å². The van der Waals surface area contributed by atoms with Crippen LogP contribution in [0.5, 0.6) is 0 Å². The summed E-state index contributed by atoms with van der Waals surface area (Å²) in [5, 5.41) is 10.3. The summed E-state index contributed by atoms with van der Waals surface area (Å²) in [6, 6.07) is 3.26. The van der Waals surface area contributed by atoms with Gasteiger partial charge in [0.25, 0.3) is 5.91 Å². The molecule has 0 spiro atoms. The van der Waals surface area contributed by atoms with Crippen molar-refractivity contribution in [3.63, 3.8) is 0 Å². The van der Waals surface area contributed by atoms with Crippen LogP contribution in [0.3, 0.4) is 0 Å². The maximum absolute atomic E-state index is 14.2. The molecule has 3 atom stereocenters. The Morgan fingerprint density at radius 3 is 2.49 bits per heavy atom. The first-order valence-corrected chi connectivity index (χ1v) is 16.9. The highest BCUT2D eigenvalue weighted by molar-refractivity contribution is 7.13. The Morgan fingerprint density at radius 1 is 1.05 bits per heavy atom. The molecular formula is C32H47N7O3S. The lowest BCUT2D eigenvalue weighted by atomic mass is 9.83. The van der Waals surface area contributed by atoms with Crippen LogP contribution in [0.4, 0.5) is 5.82 Å². The van der Waals surface area contributed by atoms with E-state index < -0.39 is 12.0 Å². The van der Waals surface area contributed by atoms with Gasteiger partial charge in [-0.25, -0.2) is 9.97 Å². The number of carbonyl (C=O) groups excluding carboxylic acids is 3. The van der Waals surface area contributed by atoms with E-state index in [9.17, 15) is 14.4 Å². The first kappa shape index (κ1) is 31.4. The van der Waals surface area contributed by atoms with Crippen molar-refractivity contribution in [1.29, 1.82) is 0 Å². The van der Waals surface area contributed by atoms with Crippen molar-refractivity contribution < 1.29 is 14.4 Å². The summed E-state index contributed by atoms with van der Waals surface area (Å²) in [5.41, 5.74) is 6.67. The normalized spacial score (nSPS) is 22.6. The molecule has 5 rings (SSSR count). The standard InChI is InChI=1S/C32H47N7O3S/c1-21-18-36-31(43-21)30(41)38-26-13-15-39(20-25(26)29(40)35-19-23-12-14-34-28(33)17-23)32(42)27(16-22-8-4-2-5-9-22)37-24-10-6-3-7-11-24/h12,14,17-18,22,24-27,37H,2-11,13,15-16,19-20H2,1H3,(H2,33,34)(H,35,40)(H,38,41)/t25-,26+,27?/m0/s1. The molecule has 234 valence electrons. The maximum atomic E-state index is 14.2. The lowest BCUT2D eigenvalue weighted by Gasteiger charge is -2.40. The number of anilines is 1. The second-order valence-corrected chi connectivity index (χ2v) is 13.9. The maximum Gasteiger partial charge on any atom is 0.280 e. The Balaban J connectivity index is 1.30. The van der Waals surface area contributed by atoms with Crippen LogP contribution >= 0.6 is 11.3 Å². The quantitative estimate of drug-likeness (QED) is 0.320. The predicted molar refractivity (Wildman–Crippen MR) is 168 cm³/mol. The Bertz CT molecular complexity index is 1220. The second kappa shape index (κ2) is 15.1. The summed E-state index contributed by atoms with van der Waals surface area (Å²) in [4.78, 5) is 52.0. The molecule has 2 aromatic rings. The highest BCUT2D eigenvalue weighted by Crippen LogP contribution is 2.30. The van der Waals surface area contributed by atoms with Gasteiger partial charge >= 0.3 is 0 Å². The van der Waals surface area contributed by atoms with E-state index >= 15 is 0 Å². The van der Waals surface area contributed by atoms with Crippen molar-refractivity contribution in [2.45, 2.75) is 109 Å². The molecule has 5 N–H and O–H groups in total. The van der Waals surface area contributed by atoms with Crippen molar-refractivity contribution in [3.05, 3.63) is 40.0 Å². The van der Waals surface area contributed by atoms with Gasteiger partial charge in [0.2, 0.25) is 11.8 Å². The van der Waals surface area contributed by atoms with E-state index in [1.54, 1.807) is 18.5 Å². The molecule has 1 unspecified atom stereocenters. The smallest absolute Gasteiger partial charge is 0.280 e. The Morgan fingerprint density at radius 2 is 1.79 bits per heavy atom. The average Bonchev–Trinajstić information content (AvgIpc) is 3.47. The number of hydrogen-bond acceptors (Lipinski definition) is 8. The number of nitrogen functional groups attached to an aromatic ring is 1. The number of piperidine rings is 1. The topological polar surface area (TPSA) is 142 Å². The van der Waals surface area contributed by atoms with Gasteiger partial charge in [-0.05, 0) is 56.2 Å². The zero-order valence-corrected chi connectivity index (χ0v) is 26.2. The number of thiazole rings is 1. The fraction of sp³-hybridized carbons (Fsp3) is 0.656. The van der Waals surface area contributed by atoms with Crippen molar-refractivity contribution in [3.8, 4) is 0 Å². The molecular weight excluding hydrogens is 562 g/mol. The number of pyridine rings is 1. The number of aromatic nitrogens is 2. The third-order valence-electron chi connectivity index (χ3n) is 9.34. The second-order valence-electron chi connectivity index (χ2n) is 12.6. The number of nitrogens with zero attached hydrogens (tertiary/aromatic N) is 3. The molecule has 0 radical (unpaired) electrons. The van der Waals surface area contributed by atoms with Crippen LogP contribution in [0.2, 0.25) is 0 Å². The number of rotatable bonds is 10. The third-order valence-corrected chi connectivity index (χ3v) is 10.3. The Kier molecular flexibility index (Phi) is 11.0. The number of nitrogens with two attached hydrogens (primary N) is 1. The summed E-state index contributed by atoms with van der Waals surface area (Å²) in [6.45, 7) is 2.96. The van der Waals surface area contributed by atoms with Crippen LogP contribution in [-0.2, 0) is 16.1 Å². The van der Waals surface area contributed by atoms with Crippen LogP contribution in [-0.4, -0.2) is 63.8 Å². The third kappa shape index (κ3) is 8.75. The van der Waals surface area contributed by atoms with Gasteiger partial charge in [0.1, 0.15) is 5.82 Å². The SMILES string of the molecule is Cc1cnc(C(=O)N[C@@H]2CCN(C(=O)C(CC3CCCCC3)NC3CCCCC3)C[C@@H]2C(=O)NCc2ccnc(N)c2)s1. The summed E-state index contributed by atoms with van der Waals surface area (Å²) in [7, 11) is 0. The number of carbonyl (C=O) groups is 3. The van der Waals surface area contributed by atoms with Gasteiger partial charge in [-0.15, -0.1) is 11.3 Å². The first-order chi connectivity index (χ1) is 20.9. The monoisotopic (exact) mass is 609 g/mol. The summed E-state index contributed by atoms with van der Waals surface area (Å²) in [5.74, 6) is -0.0267. The molecule has 43 heavy (non-hydrogen) atoms. The average molecular weight is 610 g/mol. The summed E-state index contributed by atoms with van der Waals surface area (Å²) < 4.78 is 0. The Labute approximate surface area is 259 Å². The van der Waals surface area contributed by atoms with E-state index in [1.807, 2.05) is 17.9 Å². The summed E-state index contributed by atoms with van der Waals surface area (Å²) >= 11 is 1.33. The van der Waals surface area contributed by atoms with Crippen molar-refractivity contribution in [2.24, 2.45) is 11.8 Å². The minimum atomic E-state index is -0.591. The molecule has 11 heteroatoms. The molecule has 3 heterocycles. The molecule has 0 bridgehead atoms. The molecule has 2 saturated carbocycles. The van der Waals surface area contributed by atoms with Crippen LogP contribution in [0.25, 0.3) is 0 Å². The molecule has 1 aliphatic heterocycles. The predicted octanol–water partition coefficient (Wildman–Crippen LogP) is 3.95. The highest BCUT2D eigenvalue weighted by Gasteiger charge is 2.39. The van der Waals surface area contributed by atoms with Crippen LogP contribution < -0.4 is 21.7 Å². The molecule has 0 aromatic carbocycles. The van der Waals surface area contributed by atoms with Crippen LogP contribution in [0.1, 0.15) is 97.3 Å². The van der Waals surface area contributed by atoms with E-state index in [1.165, 1.54) is 62.7 Å². The fourth-order valence-electron chi connectivity index (χ4n) is 6.98. The molecule has 2 aromatic heterocycles. The molecule has 3 fully saturated rings. The number of aryl methyl sites for hydroxylation is 1. The highest BCUT2D eigenvalue weighted by atomic mass is 32.1. The lowest BCUT2D eigenvalue weighted by Crippen LogP contribution is -2.60. The fourth-order valence-corrected chi connectivity index (χ4v) is 7.64. The number of likely N-dealkylation sites (tertiary alicyclic amines) is 1. The van der Waals surface area contributed by atoms with Crippen molar-refractivity contribution in [1.82, 2.24) is 30.8 Å². The van der Waals surface area contributed by atoms with Gasteiger partial charge < -0.3 is 26.6 Å². The molecule has 3 aliphatic rings. The van der Waals surface area contributed by atoms with Crippen molar-refractivity contribution in [2.75, 3.05) is 18.8 Å². The van der Waals surface area contributed by atoms with Gasteiger partial charge in [-0.1, -0.05) is 51.4 Å². The van der Waals surface area contributed by atoms with Gasteiger partial charge in [0.15, 0.2) is 5.01 Å². The molecule has 10 nitrogen and oxygen atoms in total. The van der Waals surface area contributed by atoms with Crippen LogP contribution in [0, 0.1) is 18.8 Å². The van der Waals surface area contributed by atoms with Gasteiger partial charge in [0.05, 0.1) is 12.0 Å². The minimum Gasteiger partial charge on any atom is -0.384 e. The van der Waals surface area contributed by atoms with E-state index in [4.69, 9.17) is 5.73 Å². The molecule has 1 saturated heterocycles. The zero-order valence-electron chi connectivity index (χ0n) is 25.4. The van der Waals surface area contributed by atoms with E-state index in [0.717, 1.165) is 29.7 Å². The van der Waals surface area contributed by atoms with Gasteiger partial charge in [-0.2, -0.15) is 0 Å². The summed E-state index contributed by atoms with van der Waals surface area (Å²) in [6.07, 6.45) is 16.7. The molecule has 2 aliphatic carbocycles. The number of amides is 3. The largest absolute Gasteiger partial charge is 0.384 e. The number of hydrogen-bond donors (Lipinski definition) is 4. The van der Waals surface area contributed by atoms with Crippen LogP contribution in [0.15, 0.2) is 24.5 Å². The lowest BCUT2D eigenvalue weighted by molar-refractivity contribution is -0.139. The van der Waals surface area contributed by atoms with Crippen molar-refractivity contribution >= 4 is 34.9 Å². The minimum absolute atomic E-state index is 0.0937. The van der Waals surface area contributed by atoms with E-state index in [-0.39, 0.29) is 36.9 Å². The zero-order chi connectivity index (χ0) is 30.2. The Hall–Kier alpha value is -3.05. The van der Waals surface area contributed by atoms with E-state index in [0.29, 0.717) is 35.8 Å². The first-order valence-electron chi connectivity index (χ1n) is 16.1. The van der Waals surface area contributed by atoms with Gasteiger partial charge in [0, 0.05) is 49.0 Å². The number of nitrogens with one attached hydrogen (secondary N) is 3.